The van der Waals surface area contributed by atoms with Crippen LogP contribution in [0.2, 0.25) is 5.02 Å². The Morgan fingerprint density at radius 3 is 2.43 bits per heavy atom. The fourth-order valence-corrected chi connectivity index (χ4v) is 6.28. The number of aromatic nitrogens is 5. The van der Waals surface area contributed by atoms with Gasteiger partial charge in [-0.15, -0.1) is 10.2 Å². The molecule has 3 atom stereocenters. The van der Waals surface area contributed by atoms with Crippen LogP contribution in [0.15, 0.2) is 102 Å². The molecule has 3 amide bonds. The van der Waals surface area contributed by atoms with Crippen molar-refractivity contribution in [1.82, 2.24) is 35.8 Å². The van der Waals surface area contributed by atoms with Crippen molar-refractivity contribution in [2.75, 3.05) is 25.2 Å². The van der Waals surface area contributed by atoms with Gasteiger partial charge in [-0.05, 0) is 47.0 Å². The molecule has 5 aromatic rings. The normalized spacial score (nSPS) is 14.8. The number of tetrazole rings is 1. The molecular formula is C37H36ClN11O5. The van der Waals surface area contributed by atoms with Gasteiger partial charge in [0.1, 0.15) is 29.8 Å². The molecule has 16 nitrogen and oxygen atoms in total. The van der Waals surface area contributed by atoms with Crippen LogP contribution in [0.1, 0.15) is 44.6 Å². The number of carbonyl (C=O) groups is 4. The molecule has 0 radical (unpaired) electrons. The highest BCUT2D eigenvalue weighted by Gasteiger charge is 2.37. The zero-order valence-corrected chi connectivity index (χ0v) is 29.5. The quantitative estimate of drug-likeness (QED) is 0.0629. The first-order valence-corrected chi connectivity index (χ1v) is 17.2. The number of nitrogens with two attached hydrogens (primary N) is 2. The van der Waals surface area contributed by atoms with Gasteiger partial charge in [-0.2, -0.15) is 5.21 Å². The maximum atomic E-state index is 14.2. The molecule has 1 fully saturated rings. The maximum absolute atomic E-state index is 14.2. The van der Waals surface area contributed by atoms with Gasteiger partial charge in [-0.25, -0.2) is 4.98 Å². The third kappa shape index (κ3) is 9.28. The van der Waals surface area contributed by atoms with Gasteiger partial charge in [0.25, 0.3) is 11.8 Å². The van der Waals surface area contributed by atoms with Gasteiger partial charge in [0, 0.05) is 29.2 Å². The van der Waals surface area contributed by atoms with Crippen molar-refractivity contribution in [3.8, 4) is 11.4 Å². The number of amides is 3. The number of hydrogen-bond donors (Lipinski definition) is 5. The highest BCUT2D eigenvalue weighted by molar-refractivity contribution is 6.31. The average molecular weight is 750 g/mol. The molecule has 2 aromatic heterocycles. The second kappa shape index (κ2) is 17.3. The fraction of sp³-hybridized carbons (Fsp3) is 0.216. The molecule has 54 heavy (non-hydrogen) atoms. The molecule has 1 aliphatic rings. The highest BCUT2D eigenvalue weighted by Crippen LogP contribution is 2.28. The Bertz CT molecular complexity index is 2130. The van der Waals surface area contributed by atoms with Crippen LogP contribution < -0.4 is 22.1 Å². The first kappa shape index (κ1) is 37.2. The number of H-pyrrole nitrogens is 1. The summed E-state index contributed by atoms with van der Waals surface area (Å²) in [5.74, 6) is -3.86. The molecule has 7 N–H and O–H groups in total. The van der Waals surface area contributed by atoms with Crippen molar-refractivity contribution in [3.63, 3.8) is 0 Å². The van der Waals surface area contributed by atoms with Gasteiger partial charge in [-0.1, -0.05) is 84.4 Å². The molecule has 1 aliphatic heterocycles. The van der Waals surface area contributed by atoms with E-state index < -0.39 is 35.5 Å². The van der Waals surface area contributed by atoms with Gasteiger partial charge < -0.3 is 31.7 Å². The van der Waals surface area contributed by atoms with E-state index >= 15 is 0 Å². The lowest BCUT2D eigenvalue weighted by Crippen LogP contribution is -2.50. The number of aliphatic imine (C=N–C) groups is 1. The summed E-state index contributed by atoms with van der Waals surface area (Å²) in [7, 11) is 0. The number of pyridine rings is 1. The van der Waals surface area contributed by atoms with Gasteiger partial charge >= 0.3 is 0 Å². The van der Waals surface area contributed by atoms with Crippen LogP contribution >= 0.6 is 11.6 Å². The Hall–Kier alpha value is -6.52. The molecule has 0 unspecified atom stereocenters. The Balaban J connectivity index is 1.30. The van der Waals surface area contributed by atoms with E-state index in [1.54, 1.807) is 36.4 Å². The standard InChI is InChI=1S/C37H36ClN11O5/c38-25-18-28(43-29(19-25)36(53)49-21-54-20-30(49)23-10-5-2-6-11-23)34(51)44-27(16-22-8-3-1-4-9-22)32(31(50)14-15-41-37(39)40)35(52)42-26-13-7-12-24(17-26)33-45-47-48-46-33/h1-13,17-19,27,30,32H,14-16,20-21H2,(H,42,52)(H,44,51)(H4,39,40,41)(H,45,46,47,48)/t27-,30+,32+/m0/s1. The molecule has 17 heteroatoms. The molecule has 3 aromatic carbocycles. The molecule has 276 valence electrons. The number of nitrogens with zero attached hydrogens (tertiary/aromatic N) is 6. The smallest absolute Gasteiger partial charge is 0.274 e. The topological polar surface area (TPSA) is 237 Å². The number of guanidine groups is 1. The van der Waals surface area contributed by atoms with Crippen LogP contribution in [-0.4, -0.2) is 85.9 Å². The van der Waals surface area contributed by atoms with E-state index in [0.717, 1.165) is 11.1 Å². The van der Waals surface area contributed by atoms with E-state index in [1.807, 2.05) is 48.5 Å². The maximum Gasteiger partial charge on any atom is 0.274 e. The van der Waals surface area contributed by atoms with Crippen LogP contribution in [-0.2, 0) is 20.7 Å². The molecule has 3 heterocycles. The number of nitrogens with one attached hydrogen (secondary N) is 3. The number of rotatable bonds is 14. The van der Waals surface area contributed by atoms with E-state index in [4.69, 9.17) is 27.8 Å². The monoisotopic (exact) mass is 749 g/mol. The third-order valence-electron chi connectivity index (χ3n) is 8.60. The summed E-state index contributed by atoms with van der Waals surface area (Å²) in [6, 6.07) is 26.3. The van der Waals surface area contributed by atoms with Crippen LogP contribution in [0.25, 0.3) is 11.4 Å². The van der Waals surface area contributed by atoms with Crippen molar-refractivity contribution in [2.24, 2.45) is 22.4 Å². The third-order valence-corrected chi connectivity index (χ3v) is 8.82. The Kier molecular flexibility index (Phi) is 12.0. The van der Waals surface area contributed by atoms with Crippen LogP contribution in [0.4, 0.5) is 5.69 Å². The van der Waals surface area contributed by atoms with Gasteiger partial charge in [0.05, 0.1) is 18.7 Å². The number of halogens is 1. The van der Waals surface area contributed by atoms with E-state index in [0.29, 0.717) is 17.1 Å². The number of hydrogen-bond acceptors (Lipinski definition) is 10. The van der Waals surface area contributed by atoms with E-state index in [2.05, 4.69) is 41.2 Å². The average Bonchev–Trinajstić information content (AvgIpc) is 3.89. The number of Topliss-reactive ketones (excluding diaryl/α,β-unsaturated/α-hetero) is 1. The fourth-order valence-electron chi connectivity index (χ4n) is 6.07. The summed E-state index contributed by atoms with van der Waals surface area (Å²) in [4.78, 5) is 65.8. The lowest BCUT2D eigenvalue weighted by atomic mass is 9.87. The second-order valence-electron chi connectivity index (χ2n) is 12.3. The number of benzene rings is 3. The van der Waals surface area contributed by atoms with Crippen LogP contribution in [0.5, 0.6) is 0 Å². The molecule has 0 saturated carbocycles. The minimum atomic E-state index is -1.44. The summed E-state index contributed by atoms with van der Waals surface area (Å²) in [6.07, 6.45) is -0.146. The van der Waals surface area contributed by atoms with E-state index in [1.165, 1.54) is 17.0 Å². The lowest BCUT2D eigenvalue weighted by Gasteiger charge is -2.27. The Labute approximate surface area is 314 Å². The summed E-state index contributed by atoms with van der Waals surface area (Å²) >= 11 is 6.46. The lowest BCUT2D eigenvalue weighted by molar-refractivity contribution is -0.132. The first-order valence-electron chi connectivity index (χ1n) is 16.8. The number of ketones is 1. The van der Waals surface area contributed by atoms with Gasteiger partial charge in [-0.3, -0.25) is 24.2 Å². The van der Waals surface area contributed by atoms with Crippen molar-refractivity contribution < 1.29 is 23.9 Å². The minimum absolute atomic E-state index is 0.0179. The molecule has 0 aliphatic carbocycles. The summed E-state index contributed by atoms with van der Waals surface area (Å²) in [6.45, 7) is 0.215. The van der Waals surface area contributed by atoms with Crippen LogP contribution in [0, 0.1) is 5.92 Å². The number of ether oxygens (including phenoxy) is 1. The van der Waals surface area contributed by atoms with Crippen molar-refractivity contribution in [3.05, 3.63) is 125 Å². The summed E-state index contributed by atoms with van der Waals surface area (Å²) in [5.41, 5.74) is 13.2. The van der Waals surface area contributed by atoms with Crippen molar-refractivity contribution in [2.45, 2.75) is 24.9 Å². The molecule has 0 spiro atoms. The zero-order chi connectivity index (χ0) is 38.0. The number of carbonyl (C=O) groups excluding carboxylic acids is 4. The van der Waals surface area contributed by atoms with Crippen molar-refractivity contribution >= 4 is 46.8 Å². The first-order chi connectivity index (χ1) is 26.2. The second-order valence-corrected chi connectivity index (χ2v) is 12.8. The largest absolute Gasteiger partial charge is 0.370 e. The van der Waals surface area contributed by atoms with Crippen molar-refractivity contribution in [1.29, 1.82) is 0 Å². The summed E-state index contributed by atoms with van der Waals surface area (Å²) in [5, 5.41) is 19.7. The van der Waals surface area contributed by atoms with Gasteiger partial charge in [0.2, 0.25) is 11.7 Å². The van der Waals surface area contributed by atoms with E-state index in [9.17, 15) is 19.2 Å². The molecule has 1 saturated heterocycles. The van der Waals surface area contributed by atoms with E-state index in [-0.39, 0.29) is 61.1 Å². The number of anilines is 1. The Morgan fingerprint density at radius 2 is 1.70 bits per heavy atom. The van der Waals surface area contributed by atoms with Gasteiger partial charge in [0.15, 0.2) is 5.96 Å². The molecule has 6 rings (SSSR count). The zero-order valence-electron chi connectivity index (χ0n) is 28.8. The predicted octanol–water partition coefficient (Wildman–Crippen LogP) is 2.91. The minimum Gasteiger partial charge on any atom is -0.370 e. The Morgan fingerprint density at radius 1 is 0.963 bits per heavy atom. The predicted molar refractivity (Wildman–Crippen MR) is 199 cm³/mol. The summed E-state index contributed by atoms with van der Waals surface area (Å²) < 4.78 is 5.63. The molecule has 0 bridgehead atoms. The van der Waals surface area contributed by atoms with Crippen LogP contribution in [0.3, 0.4) is 0 Å². The SMILES string of the molecule is NC(N)=NCCC(=O)[C@H](C(=O)Nc1cccc(-c2nn[nH]n2)c1)[C@H](Cc1ccccc1)NC(=O)c1cc(Cl)cc(C(=O)N2COC[C@@H]2c2ccccc2)n1. The molecular weight excluding hydrogens is 714 g/mol. The highest BCUT2D eigenvalue weighted by atomic mass is 35.5. The number of aromatic amines is 1.